The highest BCUT2D eigenvalue weighted by Crippen LogP contribution is 2.34. The van der Waals surface area contributed by atoms with Gasteiger partial charge in [-0.25, -0.2) is 9.98 Å². The van der Waals surface area contributed by atoms with Crippen LogP contribution in [-0.2, 0) is 13.1 Å². The predicted molar refractivity (Wildman–Crippen MR) is 142 cm³/mol. The van der Waals surface area contributed by atoms with Crippen molar-refractivity contribution in [2.75, 3.05) is 32.6 Å². The van der Waals surface area contributed by atoms with Crippen molar-refractivity contribution in [3.63, 3.8) is 0 Å². The van der Waals surface area contributed by atoms with E-state index in [0.29, 0.717) is 13.1 Å². The molecule has 0 atom stereocenters. The summed E-state index contributed by atoms with van der Waals surface area (Å²) in [7, 11) is 5.66. The molecule has 1 aliphatic rings. The molecule has 0 aliphatic heterocycles. The Labute approximate surface area is 209 Å². The third-order valence-electron chi connectivity index (χ3n) is 5.35. The van der Waals surface area contributed by atoms with Crippen LogP contribution in [0.5, 0.6) is 11.5 Å². The normalized spacial score (nSPS) is 13.9. The molecule has 1 aliphatic carbocycles. The molecule has 1 fully saturated rings. The van der Waals surface area contributed by atoms with Gasteiger partial charge < -0.3 is 25.0 Å². The zero-order chi connectivity index (χ0) is 22.1. The average molecular weight is 553 g/mol. The smallest absolute Gasteiger partial charge is 0.191 e. The van der Waals surface area contributed by atoms with E-state index in [1.165, 1.54) is 12.8 Å². The minimum atomic E-state index is 0. The van der Waals surface area contributed by atoms with Gasteiger partial charge in [-0.1, -0.05) is 12.1 Å². The Morgan fingerprint density at radius 2 is 1.97 bits per heavy atom. The van der Waals surface area contributed by atoms with Gasteiger partial charge in [-0.2, -0.15) is 0 Å². The van der Waals surface area contributed by atoms with Gasteiger partial charge in [0.25, 0.3) is 0 Å². The Bertz CT molecular complexity index is 869. The van der Waals surface area contributed by atoms with Crippen LogP contribution < -0.4 is 25.0 Å². The lowest BCUT2D eigenvalue weighted by atomic mass is 10.1. The molecule has 1 saturated carbocycles. The number of methoxy groups -OCH3 is 1. The summed E-state index contributed by atoms with van der Waals surface area (Å²) in [5, 5.41) is 6.76. The topological polar surface area (TPSA) is 71.0 Å². The molecule has 1 heterocycles. The van der Waals surface area contributed by atoms with Gasteiger partial charge in [0.05, 0.1) is 19.8 Å². The van der Waals surface area contributed by atoms with E-state index < -0.39 is 0 Å². The van der Waals surface area contributed by atoms with E-state index in [2.05, 4.69) is 34.7 Å². The van der Waals surface area contributed by atoms with Gasteiger partial charge in [0, 0.05) is 38.9 Å². The van der Waals surface area contributed by atoms with E-state index in [0.717, 1.165) is 53.8 Å². The van der Waals surface area contributed by atoms with Crippen molar-refractivity contribution < 1.29 is 9.47 Å². The lowest BCUT2D eigenvalue weighted by molar-refractivity contribution is 0.198. The van der Waals surface area contributed by atoms with Crippen molar-refractivity contribution in [2.24, 2.45) is 4.99 Å². The zero-order valence-electron chi connectivity index (χ0n) is 19.6. The number of para-hydroxylation sites is 1. The van der Waals surface area contributed by atoms with Crippen LogP contribution in [0.4, 0.5) is 5.82 Å². The van der Waals surface area contributed by atoms with Crippen LogP contribution in [0, 0.1) is 0 Å². The summed E-state index contributed by atoms with van der Waals surface area (Å²) in [6.45, 7) is 4.02. The lowest BCUT2D eigenvalue weighted by Crippen LogP contribution is -2.37. The molecule has 1 aromatic carbocycles. The van der Waals surface area contributed by atoms with Crippen molar-refractivity contribution in [1.29, 1.82) is 0 Å². The Kier molecular flexibility index (Phi) is 10.9. The van der Waals surface area contributed by atoms with E-state index in [1.807, 2.05) is 43.4 Å². The van der Waals surface area contributed by atoms with E-state index in [9.17, 15) is 0 Å². The second-order valence-electron chi connectivity index (χ2n) is 7.94. The van der Waals surface area contributed by atoms with Gasteiger partial charge in [0.15, 0.2) is 17.5 Å². The molecule has 0 bridgehead atoms. The maximum atomic E-state index is 6.35. The fourth-order valence-corrected chi connectivity index (χ4v) is 3.66. The van der Waals surface area contributed by atoms with E-state index in [4.69, 9.17) is 14.5 Å². The first-order valence-electron chi connectivity index (χ1n) is 11.1. The molecule has 2 N–H and O–H groups in total. The fraction of sp³-hybridized carbons (Fsp3) is 0.500. The number of ether oxygens (including phenoxy) is 2. The molecular formula is C24H36IN5O2. The van der Waals surface area contributed by atoms with Gasteiger partial charge >= 0.3 is 0 Å². The van der Waals surface area contributed by atoms with Crippen LogP contribution in [0.3, 0.4) is 0 Å². The number of nitrogens with zero attached hydrogens (tertiary/aromatic N) is 3. The van der Waals surface area contributed by atoms with Crippen molar-refractivity contribution in [3.05, 3.63) is 47.7 Å². The quantitative estimate of drug-likeness (QED) is 0.274. The highest BCUT2D eigenvalue weighted by Gasteiger charge is 2.20. The predicted octanol–water partition coefficient (Wildman–Crippen LogP) is 4.35. The first-order valence-corrected chi connectivity index (χ1v) is 11.1. The molecule has 0 unspecified atom stereocenters. The highest BCUT2D eigenvalue weighted by atomic mass is 127. The second kappa shape index (κ2) is 13.3. The molecule has 0 amide bonds. The first kappa shape index (κ1) is 26.0. The molecule has 0 radical (unpaired) electrons. The third kappa shape index (κ3) is 7.43. The van der Waals surface area contributed by atoms with E-state index >= 15 is 0 Å². The van der Waals surface area contributed by atoms with Gasteiger partial charge in [-0.05, 0) is 56.4 Å². The summed E-state index contributed by atoms with van der Waals surface area (Å²) in [6.07, 6.45) is 6.77. The number of rotatable bonds is 9. The van der Waals surface area contributed by atoms with Crippen molar-refractivity contribution in [3.8, 4) is 11.5 Å². The highest BCUT2D eigenvalue weighted by molar-refractivity contribution is 14.0. The fourth-order valence-electron chi connectivity index (χ4n) is 3.66. The van der Waals surface area contributed by atoms with Crippen molar-refractivity contribution >= 4 is 35.8 Å². The molecule has 32 heavy (non-hydrogen) atoms. The van der Waals surface area contributed by atoms with Crippen LogP contribution in [0.25, 0.3) is 0 Å². The van der Waals surface area contributed by atoms with Crippen LogP contribution in [0.1, 0.15) is 43.7 Å². The molecule has 0 saturated heterocycles. The van der Waals surface area contributed by atoms with Crippen molar-refractivity contribution in [2.45, 2.75) is 51.8 Å². The molecule has 8 heteroatoms. The third-order valence-corrected chi connectivity index (χ3v) is 5.35. The van der Waals surface area contributed by atoms with Crippen molar-refractivity contribution in [1.82, 2.24) is 15.6 Å². The number of nitrogens with one attached hydrogen (secondary N) is 2. The summed E-state index contributed by atoms with van der Waals surface area (Å²) < 4.78 is 11.9. The molecular weight excluding hydrogens is 517 g/mol. The molecule has 1 aromatic heterocycles. The van der Waals surface area contributed by atoms with Gasteiger partial charge in [-0.15, -0.1) is 24.0 Å². The number of anilines is 1. The lowest BCUT2D eigenvalue weighted by Gasteiger charge is -2.20. The largest absolute Gasteiger partial charge is 0.493 e. The number of hydrogen-bond acceptors (Lipinski definition) is 5. The average Bonchev–Trinajstić information content (AvgIpc) is 3.29. The molecule has 7 nitrogen and oxygen atoms in total. The molecule has 176 valence electrons. The number of hydrogen-bond donors (Lipinski definition) is 2. The van der Waals surface area contributed by atoms with Gasteiger partial charge in [0.1, 0.15) is 5.82 Å². The first-order chi connectivity index (χ1) is 15.1. The van der Waals surface area contributed by atoms with E-state index in [-0.39, 0.29) is 30.1 Å². The monoisotopic (exact) mass is 553 g/mol. The maximum Gasteiger partial charge on any atom is 0.191 e. The van der Waals surface area contributed by atoms with Gasteiger partial charge in [0.2, 0.25) is 0 Å². The van der Waals surface area contributed by atoms with Crippen LogP contribution in [0.2, 0.25) is 0 Å². The number of aliphatic imine (C=N–C) groups is 1. The van der Waals surface area contributed by atoms with Crippen LogP contribution in [0.15, 0.2) is 41.5 Å². The minimum Gasteiger partial charge on any atom is -0.493 e. The van der Waals surface area contributed by atoms with Crippen LogP contribution in [-0.4, -0.2) is 44.8 Å². The molecule has 0 spiro atoms. The molecule has 2 aromatic rings. The standard InChI is InChI=1S/C24H35N5O2.HI/c1-5-25-24(27-16-18-13-14-26-22(15-18)29(2)3)28-17-19-9-8-12-21(30-4)23(19)31-20-10-6-7-11-20;/h8-9,12-15,20H,5-7,10-11,16-17H2,1-4H3,(H2,25,27,28);1H. The summed E-state index contributed by atoms with van der Waals surface area (Å²) >= 11 is 0. The Morgan fingerprint density at radius 3 is 2.66 bits per heavy atom. The second-order valence-corrected chi connectivity index (χ2v) is 7.94. The summed E-state index contributed by atoms with van der Waals surface area (Å²) in [6, 6.07) is 10.1. The number of pyridine rings is 1. The zero-order valence-corrected chi connectivity index (χ0v) is 21.9. The maximum absolute atomic E-state index is 6.35. The Balaban J connectivity index is 0.00000363. The number of benzene rings is 1. The summed E-state index contributed by atoms with van der Waals surface area (Å²) in [5.74, 6) is 3.31. The number of halogens is 1. The molecule has 3 rings (SSSR count). The van der Waals surface area contributed by atoms with Crippen LogP contribution >= 0.6 is 24.0 Å². The van der Waals surface area contributed by atoms with Gasteiger partial charge in [-0.3, -0.25) is 0 Å². The summed E-state index contributed by atoms with van der Waals surface area (Å²) in [4.78, 5) is 11.1. The Morgan fingerprint density at radius 1 is 1.19 bits per heavy atom. The Hall–Kier alpha value is -2.23. The number of aromatic nitrogens is 1. The summed E-state index contributed by atoms with van der Waals surface area (Å²) in [5.41, 5.74) is 2.18. The SMILES string of the molecule is CCNC(=NCc1ccnc(N(C)C)c1)NCc1cccc(OC)c1OC1CCCC1.I. The number of guanidine groups is 1. The van der Waals surface area contributed by atoms with E-state index in [1.54, 1.807) is 7.11 Å². The minimum absolute atomic E-state index is 0.